The molecule has 0 saturated heterocycles. The molecule has 1 amide bonds. The van der Waals surface area contributed by atoms with Crippen molar-refractivity contribution in [3.8, 4) is 11.8 Å². The molecule has 1 rings (SSSR count). The van der Waals surface area contributed by atoms with Crippen LogP contribution >= 0.6 is 0 Å². The molecule has 1 heterocycles. The summed E-state index contributed by atoms with van der Waals surface area (Å²) in [6.07, 6.45) is 2.51. The minimum Gasteiger partial charge on any atom is -0.480 e. The van der Waals surface area contributed by atoms with Gasteiger partial charge >= 0.3 is 12.1 Å². The van der Waals surface area contributed by atoms with E-state index in [1.807, 2.05) is 0 Å². The predicted octanol–water partition coefficient (Wildman–Crippen LogP) is 2.14. The quantitative estimate of drug-likeness (QED) is 0.865. The smallest absolute Gasteiger partial charge is 0.411 e. The van der Waals surface area contributed by atoms with Crippen LogP contribution in [-0.4, -0.2) is 45.2 Å². The Morgan fingerprint density at radius 1 is 1.45 bits per heavy atom. The number of hydrogen-bond donors (Lipinski definition) is 1. The second kappa shape index (κ2) is 7.46. The molecule has 0 aliphatic heterocycles. The Bertz CT molecular complexity index is 582. The van der Waals surface area contributed by atoms with Gasteiger partial charge in [-0.3, -0.25) is 9.88 Å². The van der Waals surface area contributed by atoms with Crippen molar-refractivity contribution in [1.82, 2.24) is 9.88 Å². The largest absolute Gasteiger partial charge is 0.480 e. The molecule has 0 bridgehead atoms. The highest BCUT2D eigenvalue weighted by molar-refractivity contribution is 5.80. The Balaban J connectivity index is 2.86. The number of carbonyl (C=O) groups excluding carboxylic acids is 1. The van der Waals surface area contributed by atoms with E-state index in [1.54, 1.807) is 45.3 Å². The lowest BCUT2D eigenvalue weighted by Gasteiger charge is -2.28. The van der Waals surface area contributed by atoms with Crippen molar-refractivity contribution in [1.29, 1.82) is 0 Å². The number of ether oxygens (including phenoxy) is 1. The number of carboxylic acids is 1. The first-order valence-electron chi connectivity index (χ1n) is 6.82. The number of aromatic nitrogens is 1. The summed E-state index contributed by atoms with van der Waals surface area (Å²) in [5, 5.41) is 9.11. The summed E-state index contributed by atoms with van der Waals surface area (Å²) in [6.45, 7) is 6.52. The van der Waals surface area contributed by atoms with Crippen LogP contribution in [0.4, 0.5) is 4.79 Å². The number of amides is 1. The summed E-state index contributed by atoms with van der Waals surface area (Å²) in [6, 6.07) is 2.49. The summed E-state index contributed by atoms with van der Waals surface area (Å²) < 4.78 is 5.22. The number of pyridine rings is 1. The van der Waals surface area contributed by atoms with Crippen molar-refractivity contribution in [2.45, 2.75) is 39.3 Å². The zero-order chi connectivity index (χ0) is 16.8. The maximum atomic E-state index is 12.1. The molecule has 118 valence electrons. The normalized spacial score (nSPS) is 11.8. The van der Waals surface area contributed by atoms with Gasteiger partial charge in [-0.15, -0.1) is 0 Å². The molecule has 1 aromatic rings. The molecule has 1 atom stereocenters. The number of nitrogens with zero attached hydrogens (tertiary/aromatic N) is 2. The van der Waals surface area contributed by atoms with Gasteiger partial charge in [0.15, 0.2) is 0 Å². The van der Waals surface area contributed by atoms with Crippen LogP contribution in [0.1, 0.15) is 33.3 Å². The van der Waals surface area contributed by atoms with Gasteiger partial charge in [0.05, 0.1) is 6.54 Å². The molecule has 6 heteroatoms. The molecule has 0 aliphatic carbocycles. The Morgan fingerprint density at radius 3 is 2.64 bits per heavy atom. The lowest BCUT2D eigenvalue weighted by Crippen LogP contribution is -2.45. The molecule has 1 aromatic heterocycles. The van der Waals surface area contributed by atoms with Crippen LogP contribution in [0.5, 0.6) is 0 Å². The van der Waals surface area contributed by atoms with Gasteiger partial charge in [-0.2, -0.15) is 0 Å². The van der Waals surface area contributed by atoms with E-state index < -0.39 is 23.7 Å². The number of aliphatic carboxylic acids is 1. The molecule has 1 N–H and O–H groups in total. The monoisotopic (exact) mass is 304 g/mol. The van der Waals surface area contributed by atoms with Crippen LogP contribution in [0.15, 0.2) is 24.5 Å². The van der Waals surface area contributed by atoms with Gasteiger partial charge in [0.1, 0.15) is 11.6 Å². The summed E-state index contributed by atoms with van der Waals surface area (Å²) >= 11 is 0. The molecule has 0 saturated carbocycles. The maximum Gasteiger partial charge on any atom is 0.411 e. The van der Waals surface area contributed by atoms with Crippen molar-refractivity contribution in [2.75, 3.05) is 6.54 Å². The molecule has 1 unspecified atom stereocenters. The topological polar surface area (TPSA) is 79.7 Å². The lowest BCUT2D eigenvalue weighted by atomic mass is 10.2. The highest BCUT2D eigenvalue weighted by Gasteiger charge is 2.29. The molecule has 0 fully saturated rings. The standard InChI is InChI=1S/C16H20N2O4/c1-12(14(19)20)18(15(21)22-16(2,3)4)10-6-8-13-7-5-9-17-11-13/h5,7,9,11-12H,10H2,1-4H3,(H,19,20). The van der Waals surface area contributed by atoms with E-state index in [0.29, 0.717) is 5.56 Å². The van der Waals surface area contributed by atoms with Crippen LogP contribution in [0.25, 0.3) is 0 Å². The van der Waals surface area contributed by atoms with E-state index in [9.17, 15) is 9.59 Å². The van der Waals surface area contributed by atoms with Gasteiger partial charge in [0, 0.05) is 18.0 Å². The van der Waals surface area contributed by atoms with Crippen LogP contribution < -0.4 is 0 Å². The highest BCUT2D eigenvalue weighted by atomic mass is 16.6. The molecular formula is C16H20N2O4. The zero-order valence-corrected chi connectivity index (χ0v) is 13.2. The zero-order valence-electron chi connectivity index (χ0n) is 13.2. The maximum absolute atomic E-state index is 12.1. The second-order valence-corrected chi connectivity index (χ2v) is 5.67. The van der Waals surface area contributed by atoms with Crippen LogP contribution in [0, 0.1) is 11.8 Å². The number of rotatable bonds is 3. The Hall–Kier alpha value is -2.55. The van der Waals surface area contributed by atoms with Gasteiger partial charge in [-0.1, -0.05) is 11.8 Å². The van der Waals surface area contributed by atoms with E-state index in [1.165, 1.54) is 6.92 Å². The first kappa shape index (κ1) is 17.5. The third kappa shape index (κ3) is 5.83. The lowest BCUT2D eigenvalue weighted by molar-refractivity contribution is -0.142. The fourth-order valence-corrected chi connectivity index (χ4v) is 1.48. The third-order valence-corrected chi connectivity index (χ3v) is 2.60. The summed E-state index contributed by atoms with van der Waals surface area (Å²) in [5.41, 5.74) is -0.0146. The fourth-order valence-electron chi connectivity index (χ4n) is 1.48. The molecule has 0 radical (unpaired) electrons. The van der Waals surface area contributed by atoms with E-state index in [-0.39, 0.29) is 6.54 Å². The molecule has 0 aliphatic rings. The average Bonchev–Trinajstić information content (AvgIpc) is 2.42. The van der Waals surface area contributed by atoms with Crippen LogP contribution in [-0.2, 0) is 9.53 Å². The highest BCUT2D eigenvalue weighted by Crippen LogP contribution is 2.12. The van der Waals surface area contributed by atoms with Crippen molar-refractivity contribution in [2.24, 2.45) is 0 Å². The Kier molecular flexibility index (Phi) is 5.93. The molecule has 0 spiro atoms. The predicted molar refractivity (Wildman–Crippen MR) is 81.2 cm³/mol. The number of carbonyl (C=O) groups is 2. The molecule has 6 nitrogen and oxygen atoms in total. The molecular weight excluding hydrogens is 284 g/mol. The number of hydrogen-bond acceptors (Lipinski definition) is 4. The summed E-state index contributed by atoms with van der Waals surface area (Å²) in [5.74, 6) is 4.49. The summed E-state index contributed by atoms with van der Waals surface area (Å²) in [7, 11) is 0. The van der Waals surface area contributed by atoms with Gasteiger partial charge in [-0.25, -0.2) is 9.59 Å². The van der Waals surface area contributed by atoms with Gasteiger partial charge in [0.25, 0.3) is 0 Å². The van der Waals surface area contributed by atoms with E-state index in [4.69, 9.17) is 9.84 Å². The minimum absolute atomic E-state index is 0.0444. The van der Waals surface area contributed by atoms with E-state index in [0.717, 1.165) is 4.90 Å². The first-order chi connectivity index (χ1) is 10.2. The second-order valence-electron chi connectivity index (χ2n) is 5.67. The van der Waals surface area contributed by atoms with Gasteiger partial charge in [0.2, 0.25) is 0 Å². The van der Waals surface area contributed by atoms with Gasteiger partial charge in [-0.05, 0) is 39.8 Å². The van der Waals surface area contributed by atoms with Crippen LogP contribution in [0.2, 0.25) is 0 Å². The van der Waals surface area contributed by atoms with Crippen LogP contribution in [0.3, 0.4) is 0 Å². The van der Waals surface area contributed by atoms with Crippen molar-refractivity contribution < 1.29 is 19.4 Å². The SMILES string of the molecule is CC(C(=O)O)N(CC#Cc1cccnc1)C(=O)OC(C)(C)C. The van der Waals surface area contributed by atoms with E-state index >= 15 is 0 Å². The van der Waals surface area contributed by atoms with Crippen molar-refractivity contribution in [3.05, 3.63) is 30.1 Å². The van der Waals surface area contributed by atoms with Crippen molar-refractivity contribution in [3.63, 3.8) is 0 Å². The Morgan fingerprint density at radius 2 is 2.14 bits per heavy atom. The number of carboxylic acid groups (broad SMARTS) is 1. The first-order valence-corrected chi connectivity index (χ1v) is 6.82. The fraction of sp³-hybridized carbons (Fsp3) is 0.438. The molecule has 0 aromatic carbocycles. The van der Waals surface area contributed by atoms with Gasteiger partial charge < -0.3 is 9.84 Å². The molecule has 22 heavy (non-hydrogen) atoms. The Labute approximate surface area is 130 Å². The van der Waals surface area contributed by atoms with E-state index in [2.05, 4.69) is 16.8 Å². The van der Waals surface area contributed by atoms with Crippen molar-refractivity contribution >= 4 is 12.1 Å². The summed E-state index contributed by atoms with van der Waals surface area (Å²) in [4.78, 5) is 28.3. The average molecular weight is 304 g/mol. The third-order valence-electron chi connectivity index (χ3n) is 2.60. The minimum atomic E-state index is -1.12.